The van der Waals surface area contributed by atoms with Crippen molar-refractivity contribution in [3.05, 3.63) is 53.9 Å². The van der Waals surface area contributed by atoms with Crippen LogP contribution < -0.4 is 9.47 Å². The van der Waals surface area contributed by atoms with Gasteiger partial charge in [0.25, 0.3) is 5.91 Å². The first-order chi connectivity index (χ1) is 15.6. The maximum atomic E-state index is 13.1. The molecule has 3 heterocycles. The third-order valence-electron chi connectivity index (χ3n) is 6.53. The van der Waals surface area contributed by atoms with E-state index in [-0.39, 0.29) is 18.5 Å². The quantitative estimate of drug-likeness (QED) is 0.666. The molecule has 0 atom stereocenters. The molecule has 1 spiro atoms. The number of rotatable bonds is 2. The average Bonchev–Trinajstić information content (AvgIpc) is 2.84. The fourth-order valence-corrected chi connectivity index (χ4v) is 4.58. The van der Waals surface area contributed by atoms with Crippen molar-refractivity contribution in [3.63, 3.8) is 0 Å². The molecule has 1 amide bonds. The molecule has 0 aliphatic carbocycles. The van der Waals surface area contributed by atoms with Crippen LogP contribution in [0.2, 0.25) is 0 Å². The lowest BCUT2D eigenvalue weighted by Gasteiger charge is -2.40. The summed E-state index contributed by atoms with van der Waals surface area (Å²) >= 11 is 0. The van der Waals surface area contributed by atoms with Crippen LogP contribution in [0.3, 0.4) is 0 Å². The Morgan fingerprint density at radius 2 is 1.84 bits per heavy atom. The Balaban J connectivity index is 1.41. The van der Waals surface area contributed by atoms with Crippen molar-refractivity contribution in [3.8, 4) is 11.5 Å². The number of nitrogens with zero attached hydrogens (tertiary/aromatic N) is 2. The number of cyclic esters (lactones) is 1. The number of ether oxygens (including phenoxy) is 3. The summed E-state index contributed by atoms with van der Waals surface area (Å²) in [6.07, 6.45) is 6.36. The third kappa shape index (κ3) is 4.87. The zero-order valence-electron chi connectivity index (χ0n) is 18.5. The van der Waals surface area contributed by atoms with Gasteiger partial charge in [0.2, 0.25) is 0 Å². The molecule has 2 aliphatic rings. The second kappa shape index (κ2) is 10.0. The van der Waals surface area contributed by atoms with Crippen LogP contribution >= 0.6 is 0 Å². The molecule has 1 fully saturated rings. The maximum Gasteiger partial charge on any atom is 0.312 e. The lowest BCUT2D eigenvalue weighted by atomic mass is 9.74. The zero-order chi connectivity index (χ0) is 22.4. The molecule has 7 heteroatoms. The second-order valence-electron chi connectivity index (χ2n) is 8.45. The van der Waals surface area contributed by atoms with Crippen molar-refractivity contribution < 1.29 is 23.8 Å². The molecule has 0 radical (unpaired) electrons. The van der Waals surface area contributed by atoms with Crippen LogP contribution in [0.1, 0.15) is 48.2 Å². The van der Waals surface area contributed by atoms with E-state index in [4.69, 9.17) is 14.2 Å². The van der Waals surface area contributed by atoms with Gasteiger partial charge in [0.1, 0.15) is 30.4 Å². The van der Waals surface area contributed by atoms with Crippen molar-refractivity contribution in [2.75, 3.05) is 33.4 Å². The first kappa shape index (κ1) is 22.1. The van der Waals surface area contributed by atoms with Crippen molar-refractivity contribution in [2.45, 2.75) is 38.5 Å². The number of fused-ring (bicyclic) bond motifs is 1. The lowest BCUT2D eigenvalue weighted by Crippen LogP contribution is -2.47. The average molecular weight is 439 g/mol. The summed E-state index contributed by atoms with van der Waals surface area (Å²) in [7, 11) is 1.56. The van der Waals surface area contributed by atoms with Crippen LogP contribution in [0.4, 0.5) is 0 Å². The molecule has 7 nitrogen and oxygen atoms in total. The van der Waals surface area contributed by atoms with Crippen molar-refractivity contribution in [1.82, 2.24) is 9.88 Å². The van der Waals surface area contributed by atoms with Crippen LogP contribution in [0, 0.1) is 5.41 Å². The van der Waals surface area contributed by atoms with Gasteiger partial charge in [0.05, 0.1) is 12.5 Å². The van der Waals surface area contributed by atoms with Crippen LogP contribution in [-0.4, -0.2) is 55.2 Å². The van der Waals surface area contributed by atoms with E-state index in [1.54, 1.807) is 30.3 Å². The summed E-state index contributed by atoms with van der Waals surface area (Å²) < 4.78 is 16.7. The minimum absolute atomic E-state index is 0.134. The Morgan fingerprint density at radius 3 is 2.66 bits per heavy atom. The van der Waals surface area contributed by atoms with Crippen LogP contribution in [0.15, 0.2) is 42.6 Å². The van der Waals surface area contributed by atoms with Gasteiger partial charge >= 0.3 is 5.97 Å². The summed E-state index contributed by atoms with van der Waals surface area (Å²) in [6, 6.07) is 11.4. The van der Waals surface area contributed by atoms with E-state index in [0.29, 0.717) is 44.0 Å². The maximum absolute atomic E-state index is 13.1. The topological polar surface area (TPSA) is 78.0 Å². The highest BCUT2D eigenvalue weighted by atomic mass is 16.6. The standard InChI is InChI=1S/C25H30N2O5/c1-30-20-9-13-26-21(18-20)23(28)27-14-11-25(12-15-27)10-5-4-7-19-6-2-3-8-22(19)31-16-17-32-24(25)29/h2-3,6,8-9,13,18H,4-5,7,10-12,14-17H2,1H3. The van der Waals surface area contributed by atoms with E-state index in [9.17, 15) is 9.59 Å². The molecular weight excluding hydrogens is 408 g/mol. The highest BCUT2D eigenvalue weighted by Crippen LogP contribution is 2.39. The van der Waals surface area contributed by atoms with Gasteiger partial charge < -0.3 is 19.1 Å². The van der Waals surface area contributed by atoms with Gasteiger partial charge in [0, 0.05) is 25.4 Å². The fourth-order valence-electron chi connectivity index (χ4n) is 4.58. The molecule has 2 aliphatic heterocycles. The summed E-state index contributed by atoms with van der Waals surface area (Å²) in [6.45, 7) is 1.58. The Bertz CT molecular complexity index is 953. The number of amides is 1. The molecular formula is C25H30N2O5. The Labute approximate surface area is 188 Å². The molecule has 32 heavy (non-hydrogen) atoms. The summed E-state index contributed by atoms with van der Waals surface area (Å²) in [5.41, 5.74) is 1.01. The van der Waals surface area contributed by atoms with Crippen LogP contribution in [0.5, 0.6) is 11.5 Å². The molecule has 0 N–H and O–H groups in total. The summed E-state index contributed by atoms with van der Waals surface area (Å²) in [5, 5.41) is 0. The number of pyridine rings is 1. The second-order valence-corrected chi connectivity index (χ2v) is 8.45. The molecule has 1 aromatic heterocycles. The van der Waals surface area contributed by atoms with E-state index in [0.717, 1.165) is 31.4 Å². The van der Waals surface area contributed by atoms with Crippen LogP contribution in [-0.2, 0) is 16.0 Å². The first-order valence-corrected chi connectivity index (χ1v) is 11.3. The third-order valence-corrected chi connectivity index (χ3v) is 6.53. The number of aryl methyl sites for hydroxylation is 1. The van der Waals surface area contributed by atoms with Gasteiger partial charge in [-0.2, -0.15) is 0 Å². The predicted octanol–water partition coefficient (Wildman–Crippen LogP) is 3.66. The highest BCUT2D eigenvalue weighted by Gasteiger charge is 2.43. The van der Waals surface area contributed by atoms with Gasteiger partial charge in [-0.1, -0.05) is 24.6 Å². The number of likely N-dealkylation sites (tertiary alicyclic amines) is 1. The number of benzene rings is 1. The summed E-state index contributed by atoms with van der Waals surface area (Å²) in [4.78, 5) is 32.0. The van der Waals surface area contributed by atoms with Crippen molar-refractivity contribution in [2.24, 2.45) is 5.41 Å². The Kier molecular flexibility index (Phi) is 6.93. The number of carbonyl (C=O) groups excluding carboxylic acids is 2. The number of hydrogen-bond acceptors (Lipinski definition) is 6. The normalized spacial score (nSPS) is 19.0. The molecule has 170 valence electrons. The molecule has 0 bridgehead atoms. The molecule has 1 aromatic carbocycles. The fraction of sp³-hybridized carbons (Fsp3) is 0.480. The molecule has 0 saturated carbocycles. The van der Waals surface area contributed by atoms with Gasteiger partial charge in [-0.15, -0.1) is 0 Å². The predicted molar refractivity (Wildman–Crippen MR) is 119 cm³/mol. The molecule has 4 rings (SSSR count). The van der Waals surface area contributed by atoms with Gasteiger partial charge in [-0.25, -0.2) is 0 Å². The van der Waals surface area contributed by atoms with Gasteiger partial charge in [-0.05, 0) is 49.8 Å². The van der Waals surface area contributed by atoms with E-state index in [1.165, 1.54) is 5.56 Å². The summed E-state index contributed by atoms with van der Waals surface area (Å²) in [5.74, 6) is 1.17. The largest absolute Gasteiger partial charge is 0.497 e. The van der Waals surface area contributed by atoms with Crippen molar-refractivity contribution in [1.29, 1.82) is 0 Å². The van der Waals surface area contributed by atoms with Gasteiger partial charge in [0.15, 0.2) is 0 Å². The number of aromatic nitrogens is 1. The van der Waals surface area contributed by atoms with E-state index in [1.807, 2.05) is 18.2 Å². The minimum Gasteiger partial charge on any atom is -0.497 e. The number of esters is 1. The van der Waals surface area contributed by atoms with E-state index >= 15 is 0 Å². The zero-order valence-corrected chi connectivity index (χ0v) is 18.5. The lowest BCUT2D eigenvalue weighted by molar-refractivity contribution is -0.160. The van der Waals surface area contributed by atoms with Crippen LogP contribution in [0.25, 0.3) is 0 Å². The number of para-hydroxylation sites is 1. The first-order valence-electron chi connectivity index (χ1n) is 11.3. The smallest absolute Gasteiger partial charge is 0.312 e. The number of hydrogen-bond donors (Lipinski definition) is 0. The van der Waals surface area contributed by atoms with Crippen molar-refractivity contribution >= 4 is 11.9 Å². The Hall–Kier alpha value is -3.09. The minimum atomic E-state index is -0.544. The molecule has 1 saturated heterocycles. The monoisotopic (exact) mass is 438 g/mol. The number of piperidine rings is 1. The van der Waals surface area contributed by atoms with E-state index in [2.05, 4.69) is 11.1 Å². The van der Waals surface area contributed by atoms with Gasteiger partial charge in [-0.3, -0.25) is 14.6 Å². The highest BCUT2D eigenvalue weighted by molar-refractivity contribution is 5.93. The molecule has 2 aromatic rings. The number of methoxy groups -OCH3 is 1. The Morgan fingerprint density at radius 1 is 1.06 bits per heavy atom. The van der Waals surface area contributed by atoms with E-state index < -0.39 is 5.41 Å². The molecule has 0 unspecified atom stereocenters. The number of carbonyl (C=O) groups is 2. The SMILES string of the molecule is COc1ccnc(C(=O)N2CCC3(CCCCc4ccccc4OCCOC3=O)CC2)c1.